The van der Waals surface area contributed by atoms with E-state index in [0.717, 1.165) is 12.8 Å². The van der Waals surface area contributed by atoms with Crippen LogP contribution in [0.5, 0.6) is 0 Å². The SMILES string of the molecule is C#CC(=O)NC1CCN(C(C)=O)CC1. The lowest BCUT2D eigenvalue weighted by atomic mass is 10.1. The van der Waals surface area contributed by atoms with Crippen LogP contribution >= 0.6 is 0 Å². The predicted molar refractivity (Wildman–Crippen MR) is 52.3 cm³/mol. The Hall–Kier alpha value is -1.50. The summed E-state index contributed by atoms with van der Waals surface area (Å²) in [6.45, 7) is 2.95. The van der Waals surface area contributed by atoms with Crippen LogP contribution in [-0.2, 0) is 9.59 Å². The number of nitrogens with one attached hydrogen (secondary N) is 1. The average molecular weight is 194 g/mol. The summed E-state index contributed by atoms with van der Waals surface area (Å²) in [6.07, 6.45) is 6.51. The highest BCUT2D eigenvalue weighted by Crippen LogP contribution is 2.09. The lowest BCUT2D eigenvalue weighted by Gasteiger charge is -2.31. The van der Waals surface area contributed by atoms with E-state index in [1.165, 1.54) is 0 Å². The Balaban J connectivity index is 2.33. The minimum absolute atomic E-state index is 0.0896. The van der Waals surface area contributed by atoms with Crippen molar-refractivity contribution in [3.63, 3.8) is 0 Å². The molecule has 1 rings (SSSR count). The van der Waals surface area contributed by atoms with Crippen LogP contribution in [0, 0.1) is 12.3 Å². The van der Waals surface area contributed by atoms with E-state index >= 15 is 0 Å². The number of rotatable bonds is 1. The molecule has 4 heteroatoms. The summed E-state index contributed by atoms with van der Waals surface area (Å²) in [5.41, 5.74) is 0. The highest BCUT2D eigenvalue weighted by Gasteiger charge is 2.21. The van der Waals surface area contributed by atoms with Crippen LogP contribution in [0.1, 0.15) is 19.8 Å². The number of terminal acetylenes is 1. The van der Waals surface area contributed by atoms with Gasteiger partial charge in [0.15, 0.2) is 0 Å². The number of carbonyl (C=O) groups is 2. The fraction of sp³-hybridized carbons (Fsp3) is 0.600. The summed E-state index contributed by atoms with van der Waals surface area (Å²) in [5, 5.41) is 2.71. The van der Waals surface area contributed by atoms with Gasteiger partial charge in [0, 0.05) is 26.1 Å². The zero-order valence-electron chi connectivity index (χ0n) is 8.25. The molecule has 0 bridgehead atoms. The van der Waals surface area contributed by atoms with Crippen LogP contribution in [0.4, 0.5) is 0 Å². The first-order chi connectivity index (χ1) is 6.63. The van der Waals surface area contributed by atoms with Gasteiger partial charge in [0.05, 0.1) is 0 Å². The Morgan fingerprint density at radius 1 is 1.43 bits per heavy atom. The van der Waals surface area contributed by atoms with Crippen molar-refractivity contribution < 1.29 is 9.59 Å². The Kier molecular flexibility index (Phi) is 3.52. The number of nitrogens with zero attached hydrogens (tertiary/aromatic N) is 1. The summed E-state index contributed by atoms with van der Waals surface area (Å²) in [6, 6.07) is 0.120. The molecule has 0 spiro atoms. The largest absolute Gasteiger partial charge is 0.343 e. The zero-order valence-corrected chi connectivity index (χ0v) is 8.25. The summed E-state index contributed by atoms with van der Waals surface area (Å²) in [7, 11) is 0. The molecule has 0 unspecified atom stereocenters. The molecule has 0 radical (unpaired) electrons. The third-order valence-corrected chi connectivity index (χ3v) is 2.41. The fourth-order valence-electron chi connectivity index (χ4n) is 1.57. The molecule has 0 saturated carbocycles. The summed E-state index contributed by atoms with van der Waals surface area (Å²) in [4.78, 5) is 23.6. The average Bonchev–Trinajstić information content (AvgIpc) is 2.18. The summed E-state index contributed by atoms with van der Waals surface area (Å²) in [5.74, 6) is 1.74. The van der Waals surface area contributed by atoms with Crippen LogP contribution in [0.2, 0.25) is 0 Å². The molecule has 76 valence electrons. The highest BCUT2D eigenvalue weighted by molar-refractivity contribution is 5.93. The van der Waals surface area contributed by atoms with Crippen molar-refractivity contribution in [3.8, 4) is 12.3 Å². The van der Waals surface area contributed by atoms with Crippen molar-refractivity contribution in [2.45, 2.75) is 25.8 Å². The van der Waals surface area contributed by atoms with Crippen molar-refractivity contribution in [1.82, 2.24) is 10.2 Å². The molecule has 0 aromatic carbocycles. The highest BCUT2D eigenvalue weighted by atomic mass is 16.2. The molecule has 2 amide bonds. The maximum atomic E-state index is 11.0. The number of amides is 2. The summed E-state index contributed by atoms with van der Waals surface area (Å²) < 4.78 is 0. The second-order valence-corrected chi connectivity index (χ2v) is 3.40. The number of likely N-dealkylation sites (tertiary alicyclic amines) is 1. The Morgan fingerprint density at radius 2 is 2.00 bits per heavy atom. The second kappa shape index (κ2) is 4.66. The Morgan fingerprint density at radius 3 is 2.43 bits per heavy atom. The lowest BCUT2D eigenvalue weighted by molar-refractivity contribution is -0.129. The lowest BCUT2D eigenvalue weighted by Crippen LogP contribution is -2.45. The van der Waals surface area contributed by atoms with Crippen LogP contribution in [0.25, 0.3) is 0 Å². The molecule has 1 aliphatic rings. The van der Waals surface area contributed by atoms with E-state index < -0.39 is 0 Å². The molecule has 1 saturated heterocycles. The number of hydrogen-bond donors (Lipinski definition) is 1. The van der Waals surface area contributed by atoms with Gasteiger partial charge >= 0.3 is 0 Å². The van der Waals surface area contributed by atoms with E-state index in [1.807, 2.05) is 5.92 Å². The minimum Gasteiger partial charge on any atom is -0.343 e. The van der Waals surface area contributed by atoms with Crippen molar-refractivity contribution >= 4 is 11.8 Å². The zero-order chi connectivity index (χ0) is 10.6. The van der Waals surface area contributed by atoms with Crippen LogP contribution < -0.4 is 5.32 Å². The van der Waals surface area contributed by atoms with Crippen LogP contribution in [0.15, 0.2) is 0 Å². The maximum Gasteiger partial charge on any atom is 0.295 e. The van der Waals surface area contributed by atoms with Gasteiger partial charge in [-0.15, -0.1) is 6.42 Å². The van der Waals surface area contributed by atoms with Crippen LogP contribution in [-0.4, -0.2) is 35.8 Å². The third-order valence-electron chi connectivity index (χ3n) is 2.41. The normalized spacial score (nSPS) is 17.3. The van der Waals surface area contributed by atoms with Crippen molar-refractivity contribution in [3.05, 3.63) is 0 Å². The van der Waals surface area contributed by atoms with Crippen molar-refractivity contribution in [2.24, 2.45) is 0 Å². The molecule has 4 nitrogen and oxygen atoms in total. The van der Waals surface area contributed by atoms with E-state index in [0.29, 0.717) is 13.1 Å². The third kappa shape index (κ3) is 2.77. The molecule has 0 aliphatic carbocycles. The van der Waals surface area contributed by atoms with E-state index in [1.54, 1.807) is 11.8 Å². The molecule has 0 atom stereocenters. The predicted octanol–water partition coefficient (Wildman–Crippen LogP) is -0.253. The fourth-order valence-corrected chi connectivity index (χ4v) is 1.57. The van der Waals surface area contributed by atoms with Crippen molar-refractivity contribution in [1.29, 1.82) is 0 Å². The number of carbonyl (C=O) groups excluding carboxylic acids is 2. The topological polar surface area (TPSA) is 49.4 Å². The second-order valence-electron chi connectivity index (χ2n) is 3.40. The first-order valence-corrected chi connectivity index (χ1v) is 4.66. The molecule has 14 heavy (non-hydrogen) atoms. The molecule has 0 aromatic rings. The summed E-state index contributed by atoms with van der Waals surface area (Å²) >= 11 is 0. The van der Waals surface area contributed by atoms with Gasteiger partial charge < -0.3 is 10.2 Å². The first-order valence-electron chi connectivity index (χ1n) is 4.66. The monoisotopic (exact) mass is 194 g/mol. The minimum atomic E-state index is -0.369. The molecule has 1 aliphatic heterocycles. The van der Waals surface area contributed by atoms with E-state index in [4.69, 9.17) is 6.42 Å². The first kappa shape index (κ1) is 10.6. The van der Waals surface area contributed by atoms with E-state index in [2.05, 4.69) is 5.32 Å². The molecular weight excluding hydrogens is 180 g/mol. The maximum absolute atomic E-state index is 11.0. The van der Waals surface area contributed by atoms with E-state index in [9.17, 15) is 9.59 Å². The van der Waals surface area contributed by atoms with Crippen molar-refractivity contribution in [2.75, 3.05) is 13.1 Å². The quantitative estimate of drug-likeness (QED) is 0.585. The Labute approximate surface area is 83.6 Å². The van der Waals surface area contributed by atoms with Gasteiger partial charge in [-0.25, -0.2) is 0 Å². The number of hydrogen-bond acceptors (Lipinski definition) is 2. The molecule has 1 N–H and O–H groups in total. The molecule has 1 fully saturated rings. The standard InChI is InChI=1S/C10H14N2O2/c1-3-10(14)11-9-4-6-12(7-5-9)8(2)13/h1,9H,4-7H2,2H3,(H,11,14). The van der Waals surface area contributed by atoms with Gasteiger partial charge in [0.2, 0.25) is 5.91 Å². The smallest absolute Gasteiger partial charge is 0.295 e. The van der Waals surface area contributed by atoms with Gasteiger partial charge in [-0.2, -0.15) is 0 Å². The molecule has 1 heterocycles. The Bertz CT molecular complexity index is 272. The van der Waals surface area contributed by atoms with Gasteiger partial charge in [0.25, 0.3) is 5.91 Å². The number of piperidine rings is 1. The van der Waals surface area contributed by atoms with E-state index in [-0.39, 0.29) is 17.9 Å². The molecular formula is C10H14N2O2. The van der Waals surface area contributed by atoms with Gasteiger partial charge in [-0.05, 0) is 18.8 Å². The van der Waals surface area contributed by atoms with Gasteiger partial charge in [0.1, 0.15) is 0 Å². The van der Waals surface area contributed by atoms with Crippen LogP contribution in [0.3, 0.4) is 0 Å². The van der Waals surface area contributed by atoms with Gasteiger partial charge in [-0.1, -0.05) is 0 Å². The van der Waals surface area contributed by atoms with Gasteiger partial charge in [-0.3, -0.25) is 9.59 Å². The molecule has 0 aromatic heterocycles.